The van der Waals surface area contributed by atoms with Gasteiger partial charge in [-0.2, -0.15) is 0 Å². The molecule has 1 saturated heterocycles. The van der Waals surface area contributed by atoms with E-state index in [0.717, 1.165) is 0 Å². The Balaban J connectivity index is 1.92. The van der Waals surface area contributed by atoms with Crippen LogP contribution in [0, 0.1) is 0 Å². The number of rotatable bonds is 3. The van der Waals surface area contributed by atoms with Crippen molar-refractivity contribution < 1.29 is 19.4 Å². The summed E-state index contributed by atoms with van der Waals surface area (Å²) in [5.74, 6) is -1.06. The van der Waals surface area contributed by atoms with Crippen molar-refractivity contribution in [3.63, 3.8) is 0 Å². The molecule has 0 aliphatic carbocycles. The van der Waals surface area contributed by atoms with Crippen LogP contribution in [-0.4, -0.2) is 52.3 Å². The first-order valence-corrected chi connectivity index (χ1v) is 7.09. The minimum absolute atomic E-state index is 0.00551. The lowest BCUT2D eigenvalue weighted by molar-refractivity contribution is -0.0278. The van der Waals surface area contributed by atoms with E-state index in [9.17, 15) is 9.59 Å². The summed E-state index contributed by atoms with van der Waals surface area (Å²) in [7, 11) is 0. The molecule has 8 heteroatoms. The van der Waals surface area contributed by atoms with Crippen LogP contribution in [0.4, 0.5) is 4.79 Å². The number of amides is 2. The van der Waals surface area contributed by atoms with Crippen molar-refractivity contribution in [1.29, 1.82) is 0 Å². The lowest BCUT2D eigenvalue weighted by Gasteiger charge is -2.41. The molecule has 2 amide bonds. The van der Waals surface area contributed by atoms with Crippen LogP contribution in [0.5, 0.6) is 0 Å². The first-order chi connectivity index (χ1) is 9.40. The molecular weight excluding hydrogens is 282 g/mol. The smallest absolute Gasteiger partial charge is 0.355 e. The van der Waals surface area contributed by atoms with Gasteiger partial charge in [-0.25, -0.2) is 14.6 Å². The predicted octanol–water partition coefficient (Wildman–Crippen LogP) is 1.16. The van der Waals surface area contributed by atoms with Crippen LogP contribution >= 0.6 is 11.3 Å². The first kappa shape index (κ1) is 14.7. The molecule has 2 heterocycles. The van der Waals surface area contributed by atoms with Crippen LogP contribution in [0.15, 0.2) is 5.38 Å². The Kier molecular flexibility index (Phi) is 4.24. The quantitative estimate of drug-likeness (QED) is 0.874. The Morgan fingerprint density at radius 1 is 1.60 bits per heavy atom. The number of carboxylic acid groups (broad SMARTS) is 1. The van der Waals surface area contributed by atoms with Gasteiger partial charge in [0.2, 0.25) is 0 Å². The molecule has 0 unspecified atom stereocenters. The van der Waals surface area contributed by atoms with E-state index in [1.165, 1.54) is 16.7 Å². The van der Waals surface area contributed by atoms with E-state index in [2.05, 4.69) is 10.3 Å². The molecular formula is C12H17N3O4S. The number of thiazole rings is 1. The predicted molar refractivity (Wildman–Crippen MR) is 72.9 cm³/mol. The molecule has 110 valence electrons. The van der Waals surface area contributed by atoms with Crippen molar-refractivity contribution in [1.82, 2.24) is 15.2 Å². The van der Waals surface area contributed by atoms with Gasteiger partial charge >= 0.3 is 12.0 Å². The average molecular weight is 299 g/mol. The third-order valence-corrected chi connectivity index (χ3v) is 3.90. The number of nitrogens with one attached hydrogen (secondary N) is 1. The van der Waals surface area contributed by atoms with E-state index < -0.39 is 5.97 Å². The fourth-order valence-corrected chi connectivity index (χ4v) is 2.68. The zero-order valence-electron chi connectivity index (χ0n) is 11.4. The second-order valence-electron chi connectivity index (χ2n) is 5.11. The van der Waals surface area contributed by atoms with Gasteiger partial charge in [0.1, 0.15) is 5.01 Å². The van der Waals surface area contributed by atoms with Gasteiger partial charge in [-0.3, -0.25) is 0 Å². The number of carboxylic acids is 1. The van der Waals surface area contributed by atoms with Crippen molar-refractivity contribution in [2.75, 3.05) is 19.8 Å². The molecule has 0 saturated carbocycles. The highest BCUT2D eigenvalue weighted by Crippen LogP contribution is 2.19. The van der Waals surface area contributed by atoms with Crippen molar-refractivity contribution >= 4 is 23.3 Å². The molecule has 7 nitrogen and oxygen atoms in total. The van der Waals surface area contributed by atoms with Gasteiger partial charge in [-0.15, -0.1) is 11.3 Å². The molecule has 0 spiro atoms. The Hall–Kier alpha value is -1.67. The highest BCUT2D eigenvalue weighted by molar-refractivity contribution is 7.09. The second-order valence-corrected chi connectivity index (χ2v) is 6.05. The van der Waals surface area contributed by atoms with Crippen LogP contribution in [0.2, 0.25) is 0 Å². The summed E-state index contributed by atoms with van der Waals surface area (Å²) in [6.07, 6.45) is 0. The summed E-state index contributed by atoms with van der Waals surface area (Å²) in [5, 5.41) is 13.6. The molecule has 0 aromatic carbocycles. The van der Waals surface area contributed by atoms with Gasteiger partial charge in [0, 0.05) is 11.9 Å². The fourth-order valence-electron chi connectivity index (χ4n) is 1.97. The molecule has 0 atom stereocenters. The number of aromatic nitrogens is 1. The molecule has 2 N–H and O–H groups in total. The van der Waals surface area contributed by atoms with E-state index in [1.807, 2.05) is 13.8 Å². The van der Waals surface area contributed by atoms with Crippen LogP contribution in [0.3, 0.4) is 0 Å². The summed E-state index contributed by atoms with van der Waals surface area (Å²) in [6, 6.07) is -0.189. The fraction of sp³-hybridized carbons (Fsp3) is 0.583. The van der Waals surface area contributed by atoms with Gasteiger partial charge in [-0.05, 0) is 13.8 Å². The second kappa shape index (κ2) is 5.76. The standard InChI is InChI=1S/C12H17N3O4S/c1-12(2)7-19-4-3-15(12)11(18)13-5-9-14-8(6-20-9)10(16)17/h6H,3-5,7H2,1-2H3,(H,13,18)(H,16,17). The normalized spacial score (nSPS) is 17.8. The summed E-state index contributed by atoms with van der Waals surface area (Å²) in [5.41, 5.74) is -0.344. The number of hydrogen-bond donors (Lipinski definition) is 2. The Morgan fingerprint density at radius 2 is 2.35 bits per heavy atom. The van der Waals surface area contributed by atoms with Crippen molar-refractivity contribution in [3.8, 4) is 0 Å². The van der Waals surface area contributed by atoms with Gasteiger partial charge in [0.15, 0.2) is 5.69 Å². The van der Waals surface area contributed by atoms with Gasteiger partial charge < -0.3 is 20.1 Å². The average Bonchev–Trinajstić information content (AvgIpc) is 2.84. The molecule has 2 rings (SSSR count). The summed E-state index contributed by atoms with van der Waals surface area (Å²) in [6.45, 7) is 5.68. The van der Waals surface area contributed by atoms with E-state index in [0.29, 0.717) is 24.8 Å². The van der Waals surface area contributed by atoms with E-state index in [1.54, 1.807) is 4.90 Å². The molecule has 1 aromatic rings. The minimum atomic E-state index is -1.06. The van der Waals surface area contributed by atoms with E-state index in [-0.39, 0.29) is 23.8 Å². The maximum Gasteiger partial charge on any atom is 0.355 e. The molecule has 1 fully saturated rings. The van der Waals surface area contributed by atoms with Crippen LogP contribution in [0.1, 0.15) is 29.3 Å². The minimum Gasteiger partial charge on any atom is -0.476 e. The highest BCUT2D eigenvalue weighted by atomic mass is 32.1. The number of urea groups is 1. The number of carbonyl (C=O) groups excluding carboxylic acids is 1. The third kappa shape index (κ3) is 3.26. The summed E-state index contributed by atoms with van der Waals surface area (Å²) >= 11 is 1.22. The molecule has 1 aromatic heterocycles. The maximum atomic E-state index is 12.1. The van der Waals surface area contributed by atoms with Gasteiger partial charge in [0.25, 0.3) is 0 Å². The number of ether oxygens (including phenoxy) is 1. The molecule has 1 aliphatic heterocycles. The third-order valence-electron chi connectivity index (χ3n) is 3.05. The monoisotopic (exact) mass is 299 g/mol. The largest absolute Gasteiger partial charge is 0.476 e. The maximum absolute atomic E-state index is 12.1. The van der Waals surface area contributed by atoms with Crippen LogP contribution in [-0.2, 0) is 11.3 Å². The number of nitrogens with zero attached hydrogens (tertiary/aromatic N) is 2. The number of morpholine rings is 1. The highest BCUT2D eigenvalue weighted by Gasteiger charge is 2.34. The zero-order valence-corrected chi connectivity index (χ0v) is 12.2. The van der Waals surface area contributed by atoms with Crippen molar-refractivity contribution in [2.24, 2.45) is 0 Å². The SMILES string of the molecule is CC1(C)COCCN1C(=O)NCc1nc(C(=O)O)cs1. The lowest BCUT2D eigenvalue weighted by atomic mass is 10.0. The van der Waals surface area contributed by atoms with Gasteiger partial charge in [0.05, 0.1) is 25.3 Å². The zero-order chi connectivity index (χ0) is 14.8. The molecule has 0 radical (unpaired) electrons. The van der Waals surface area contributed by atoms with Gasteiger partial charge in [-0.1, -0.05) is 0 Å². The van der Waals surface area contributed by atoms with Crippen molar-refractivity contribution in [2.45, 2.75) is 25.9 Å². The summed E-state index contributed by atoms with van der Waals surface area (Å²) in [4.78, 5) is 28.5. The van der Waals surface area contributed by atoms with E-state index in [4.69, 9.17) is 9.84 Å². The van der Waals surface area contributed by atoms with Crippen molar-refractivity contribution in [3.05, 3.63) is 16.1 Å². The Morgan fingerprint density at radius 3 is 2.95 bits per heavy atom. The molecule has 0 bridgehead atoms. The van der Waals surface area contributed by atoms with E-state index >= 15 is 0 Å². The summed E-state index contributed by atoms with van der Waals surface area (Å²) < 4.78 is 5.36. The van der Waals surface area contributed by atoms with Crippen LogP contribution < -0.4 is 5.32 Å². The lowest BCUT2D eigenvalue weighted by Crippen LogP contribution is -2.58. The number of aromatic carboxylic acids is 1. The molecule has 20 heavy (non-hydrogen) atoms. The topological polar surface area (TPSA) is 91.8 Å². The Labute approximate surface area is 120 Å². The molecule has 1 aliphatic rings. The van der Waals surface area contributed by atoms with Crippen LogP contribution in [0.25, 0.3) is 0 Å². The number of hydrogen-bond acceptors (Lipinski definition) is 5. The Bertz CT molecular complexity index is 515. The number of carbonyl (C=O) groups is 2. The first-order valence-electron chi connectivity index (χ1n) is 6.21.